The van der Waals surface area contributed by atoms with Crippen molar-refractivity contribution < 1.29 is 52.5 Å². The number of nitrogens with one attached hydrogen (secondary N) is 1. The minimum atomic E-state index is -1.70. The summed E-state index contributed by atoms with van der Waals surface area (Å²) in [7, 11) is 3.71. The Labute approximate surface area is 327 Å². The van der Waals surface area contributed by atoms with Crippen LogP contribution in [0.3, 0.4) is 0 Å². The number of benzene rings is 1. The van der Waals surface area contributed by atoms with E-state index in [4.69, 9.17) is 23.7 Å². The van der Waals surface area contributed by atoms with Gasteiger partial charge in [-0.15, -0.1) is 0 Å². The topological polar surface area (TPSA) is 167 Å². The van der Waals surface area contributed by atoms with Crippen molar-refractivity contribution in [3.05, 3.63) is 29.8 Å². The van der Waals surface area contributed by atoms with E-state index in [1.54, 1.807) is 128 Å². The Kier molecular flexibility index (Phi) is 14.8. The van der Waals surface area contributed by atoms with E-state index in [2.05, 4.69) is 5.32 Å². The minimum absolute atomic E-state index is 0.372. The number of anilines is 1. The summed E-state index contributed by atoms with van der Waals surface area (Å²) in [4.78, 5) is 85.0. The van der Waals surface area contributed by atoms with E-state index in [1.807, 2.05) is 19.0 Å². The number of rotatable bonds is 11. The maximum atomic E-state index is 14.3. The number of amides is 2. The molecule has 1 aliphatic rings. The maximum absolute atomic E-state index is 14.3. The average Bonchev–Trinajstić information content (AvgIpc) is 3.01. The van der Waals surface area contributed by atoms with E-state index in [9.17, 15) is 28.8 Å². The number of hydrogen-bond donors (Lipinski definition) is 1. The molecule has 1 heterocycles. The summed E-state index contributed by atoms with van der Waals surface area (Å²) in [5.41, 5.74) is -3.78. The lowest BCUT2D eigenvalue weighted by Gasteiger charge is -2.49. The lowest BCUT2D eigenvalue weighted by Crippen LogP contribution is -2.66. The molecule has 1 fully saturated rings. The second kappa shape index (κ2) is 17.3. The molecule has 1 aromatic rings. The summed E-state index contributed by atoms with van der Waals surface area (Å²) in [5.74, 6) is -4.71. The Balaban J connectivity index is 3.03. The SMILES string of the molecule is CN(C)c1ccc([C@H](C(=O)NC(C)(C)C)N(C=O)[C@@H]2O[C@H](OC(=O)C(C)(C)C)[C@H](COC(=O)C(C)(C)C)[C@@H](OC(=O)C(C)(C)C)[C@@H]2OC(=O)C(C)(C)C)cc1. The third kappa shape index (κ3) is 12.9. The number of nitrogens with zero attached hydrogens (tertiary/aromatic N) is 2. The molecule has 6 atom stereocenters. The molecule has 14 heteroatoms. The van der Waals surface area contributed by atoms with Gasteiger partial charge in [0.1, 0.15) is 12.6 Å². The number of carbonyl (C=O) groups is 6. The first-order valence-electron chi connectivity index (χ1n) is 18.6. The van der Waals surface area contributed by atoms with Crippen molar-refractivity contribution in [1.82, 2.24) is 10.2 Å². The van der Waals surface area contributed by atoms with Crippen LogP contribution >= 0.6 is 0 Å². The van der Waals surface area contributed by atoms with Crippen molar-refractivity contribution in [3.8, 4) is 0 Å². The van der Waals surface area contributed by atoms with E-state index in [-0.39, 0.29) is 0 Å². The smallest absolute Gasteiger partial charge is 0.313 e. The zero-order chi connectivity index (χ0) is 42.6. The monoisotopic (exact) mass is 775 g/mol. The first-order valence-corrected chi connectivity index (χ1v) is 18.6. The van der Waals surface area contributed by atoms with Gasteiger partial charge in [0.05, 0.1) is 27.6 Å². The lowest BCUT2D eigenvalue weighted by atomic mass is 9.89. The molecular weight excluding hydrogens is 710 g/mol. The standard InChI is InChI=1S/C41H65N3O11/c1-37(2,3)33(47)51-22-26-28(52-34(48)38(4,5)6)29(53-35(49)39(7,8)9)31(54-32(26)55-36(50)40(10,11)12)44(23-45)27(30(46)42-41(13,14)15)24-18-20-25(21-19-24)43(16)17/h18-21,23,26-29,31-32H,22H2,1-17H3,(H,42,46)/t26-,27-,28-,29+,31-,32-/m1/s1. The predicted molar refractivity (Wildman–Crippen MR) is 206 cm³/mol. The molecule has 0 unspecified atom stereocenters. The largest absolute Gasteiger partial charge is 0.465 e. The van der Waals surface area contributed by atoms with Gasteiger partial charge in [-0.25, -0.2) is 0 Å². The molecular formula is C41H65N3O11. The number of hydrogen-bond acceptors (Lipinski definition) is 12. The fourth-order valence-corrected chi connectivity index (χ4v) is 5.08. The van der Waals surface area contributed by atoms with Gasteiger partial charge >= 0.3 is 23.9 Å². The molecule has 1 saturated heterocycles. The molecule has 1 N–H and O–H groups in total. The molecule has 14 nitrogen and oxygen atoms in total. The van der Waals surface area contributed by atoms with Crippen molar-refractivity contribution in [2.75, 3.05) is 25.6 Å². The first kappa shape index (κ1) is 47.0. The van der Waals surface area contributed by atoms with Crippen LogP contribution in [-0.4, -0.2) is 92.1 Å². The van der Waals surface area contributed by atoms with Gasteiger partial charge in [0, 0.05) is 25.3 Å². The molecule has 55 heavy (non-hydrogen) atoms. The summed E-state index contributed by atoms with van der Waals surface area (Å²) < 4.78 is 30.5. The van der Waals surface area contributed by atoms with Crippen LogP contribution in [0.25, 0.3) is 0 Å². The van der Waals surface area contributed by atoms with E-state index in [0.29, 0.717) is 12.0 Å². The Bertz CT molecular complexity index is 1540. The zero-order valence-electron chi connectivity index (χ0n) is 35.9. The highest BCUT2D eigenvalue weighted by atomic mass is 16.7. The van der Waals surface area contributed by atoms with Crippen LogP contribution in [0.2, 0.25) is 0 Å². The molecule has 0 spiro atoms. The molecule has 310 valence electrons. The van der Waals surface area contributed by atoms with Gasteiger partial charge in [-0.3, -0.25) is 33.7 Å². The van der Waals surface area contributed by atoms with Gasteiger partial charge in [-0.1, -0.05) is 12.1 Å². The van der Waals surface area contributed by atoms with Crippen LogP contribution in [-0.2, 0) is 52.5 Å². The Hall–Kier alpha value is -4.20. The number of ether oxygens (including phenoxy) is 5. The third-order valence-electron chi connectivity index (χ3n) is 8.40. The van der Waals surface area contributed by atoms with E-state index in [1.165, 1.54) is 0 Å². The quantitative estimate of drug-likeness (QED) is 0.169. The van der Waals surface area contributed by atoms with E-state index in [0.717, 1.165) is 10.6 Å². The summed E-state index contributed by atoms with van der Waals surface area (Å²) >= 11 is 0. The number of esters is 4. The van der Waals surface area contributed by atoms with Gasteiger partial charge < -0.3 is 33.9 Å². The zero-order valence-corrected chi connectivity index (χ0v) is 35.9. The van der Waals surface area contributed by atoms with Gasteiger partial charge in [0.2, 0.25) is 18.6 Å². The third-order valence-corrected chi connectivity index (χ3v) is 8.40. The summed E-state index contributed by atoms with van der Waals surface area (Å²) in [5, 5.41) is 2.93. The van der Waals surface area contributed by atoms with Gasteiger partial charge in [0.15, 0.2) is 18.4 Å². The molecule has 1 aromatic carbocycles. The molecule has 0 bridgehead atoms. The van der Waals surface area contributed by atoms with Crippen molar-refractivity contribution >= 4 is 41.9 Å². The van der Waals surface area contributed by atoms with Crippen molar-refractivity contribution in [1.29, 1.82) is 0 Å². The van der Waals surface area contributed by atoms with Crippen LogP contribution in [0.1, 0.15) is 115 Å². The van der Waals surface area contributed by atoms with E-state index >= 15 is 0 Å². The summed E-state index contributed by atoms with van der Waals surface area (Å²) in [6, 6.07) is 5.51. The van der Waals surface area contributed by atoms with E-state index < -0.39 is 100 Å². The van der Waals surface area contributed by atoms with Crippen molar-refractivity contribution in [2.24, 2.45) is 27.6 Å². The Morgan fingerprint density at radius 3 is 1.53 bits per heavy atom. The van der Waals surface area contributed by atoms with Crippen LogP contribution < -0.4 is 10.2 Å². The maximum Gasteiger partial charge on any atom is 0.313 e. The molecule has 0 saturated carbocycles. The van der Waals surface area contributed by atoms with Crippen molar-refractivity contribution in [3.63, 3.8) is 0 Å². The molecule has 0 radical (unpaired) electrons. The first-order chi connectivity index (χ1) is 24.8. The predicted octanol–water partition coefficient (Wildman–Crippen LogP) is 5.56. The second-order valence-corrected chi connectivity index (χ2v) is 19.5. The fraction of sp³-hybridized carbons (Fsp3) is 0.707. The summed E-state index contributed by atoms with van der Waals surface area (Å²) in [6.07, 6.45) is -6.13. The Morgan fingerprint density at radius 1 is 0.691 bits per heavy atom. The molecule has 1 aliphatic heterocycles. The van der Waals surface area contributed by atoms with Gasteiger partial charge in [0.25, 0.3) is 0 Å². The van der Waals surface area contributed by atoms with Gasteiger partial charge in [-0.05, 0) is 122 Å². The molecule has 0 aromatic heterocycles. The van der Waals surface area contributed by atoms with Gasteiger partial charge in [-0.2, -0.15) is 0 Å². The average molecular weight is 776 g/mol. The van der Waals surface area contributed by atoms with Crippen LogP contribution in [0.5, 0.6) is 0 Å². The highest BCUT2D eigenvalue weighted by molar-refractivity contribution is 5.86. The lowest BCUT2D eigenvalue weighted by molar-refractivity contribution is -0.312. The molecule has 2 amide bonds. The van der Waals surface area contributed by atoms with Crippen LogP contribution in [0.15, 0.2) is 24.3 Å². The second-order valence-electron chi connectivity index (χ2n) is 19.5. The fourth-order valence-electron chi connectivity index (χ4n) is 5.08. The van der Waals surface area contributed by atoms with Crippen LogP contribution in [0, 0.1) is 27.6 Å². The Morgan fingerprint density at radius 2 is 1.13 bits per heavy atom. The summed E-state index contributed by atoms with van der Waals surface area (Å²) in [6.45, 7) is 24.4. The van der Waals surface area contributed by atoms with Crippen molar-refractivity contribution in [2.45, 2.75) is 140 Å². The minimum Gasteiger partial charge on any atom is -0.465 e. The normalized spacial score (nSPS) is 21.4. The number of carbonyl (C=O) groups excluding carboxylic acids is 6. The molecule has 0 aliphatic carbocycles. The highest BCUT2D eigenvalue weighted by Crippen LogP contribution is 2.39. The highest BCUT2D eigenvalue weighted by Gasteiger charge is 2.57. The van der Waals surface area contributed by atoms with Crippen LogP contribution in [0.4, 0.5) is 5.69 Å². The molecule has 2 rings (SSSR count).